The molecule has 1 heterocycles. The molecule has 0 saturated carbocycles. The molecule has 0 spiro atoms. The first-order valence-electron chi connectivity index (χ1n) is 6.82. The van der Waals surface area contributed by atoms with Crippen LogP contribution in [-0.2, 0) is 12.8 Å². The Kier molecular flexibility index (Phi) is 3.17. The van der Waals surface area contributed by atoms with Gasteiger partial charge in [0.1, 0.15) is 0 Å². The van der Waals surface area contributed by atoms with Gasteiger partial charge in [-0.2, -0.15) is 0 Å². The number of fused-ring (bicyclic) bond motifs is 1. The summed E-state index contributed by atoms with van der Waals surface area (Å²) in [6.45, 7) is 2.05. The van der Waals surface area contributed by atoms with Gasteiger partial charge in [0, 0.05) is 12.6 Å². The van der Waals surface area contributed by atoms with E-state index >= 15 is 0 Å². The van der Waals surface area contributed by atoms with Crippen molar-refractivity contribution in [2.24, 2.45) is 0 Å². The molecule has 0 radical (unpaired) electrons. The number of benzene rings is 1. The van der Waals surface area contributed by atoms with Gasteiger partial charge in [-0.25, -0.2) is 0 Å². The van der Waals surface area contributed by atoms with Crippen LogP contribution in [-0.4, -0.2) is 35.2 Å². The first-order chi connectivity index (χ1) is 8.33. The minimum absolute atomic E-state index is 0.0964. The van der Waals surface area contributed by atoms with Crippen molar-refractivity contribution in [3.8, 4) is 0 Å². The molecule has 1 fully saturated rings. The second-order valence-corrected chi connectivity index (χ2v) is 5.46. The maximum Gasteiger partial charge on any atom is 0.0667 e. The zero-order valence-corrected chi connectivity index (χ0v) is 10.3. The summed E-state index contributed by atoms with van der Waals surface area (Å²) in [6.07, 6.45) is 5.67. The highest BCUT2D eigenvalue weighted by Crippen LogP contribution is 2.26. The Morgan fingerprint density at radius 3 is 2.76 bits per heavy atom. The second-order valence-electron chi connectivity index (χ2n) is 5.46. The highest BCUT2D eigenvalue weighted by atomic mass is 16.3. The fourth-order valence-electron chi connectivity index (χ4n) is 3.31. The van der Waals surface area contributed by atoms with E-state index in [1.807, 2.05) is 0 Å². The van der Waals surface area contributed by atoms with E-state index in [4.69, 9.17) is 0 Å². The van der Waals surface area contributed by atoms with Crippen molar-refractivity contribution >= 4 is 0 Å². The maximum atomic E-state index is 9.76. The summed E-state index contributed by atoms with van der Waals surface area (Å²) in [5, 5.41) is 9.76. The van der Waals surface area contributed by atoms with Crippen LogP contribution in [0.1, 0.15) is 30.4 Å². The Labute approximate surface area is 103 Å². The van der Waals surface area contributed by atoms with Crippen LogP contribution in [0.15, 0.2) is 24.3 Å². The van der Waals surface area contributed by atoms with Crippen LogP contribution in [0.4, 0.5) is 0 Å². The third-order valence-corrected chi connectivity index (χ3v) is 4.27. The van der Waals surface area contributed by atoms with Crippen molar-refractivity contribution in [1.82, 2.24) is 4.90 Å². The summed E-state index contributed by atoms with van der Waals surface area (Å²) in [7, 11) is 0. The highest BCUT2D eigenvalue weighted by molar-refractivity contribution is 5.30. The lowest BCUT2D eigenvalue weighted by atomic mass is 9.86. The number of likely N-dealkylation sites (tertiary alicyclic amines) is 1. The molecular weight excluding hydrogens is 210 g/mol. The Morgan fingerprint density at radius 1 is 1.12 bits per heavy atom. The number of hydrogen-bond donors (Lipinski definition) is 1. The zero-order valence-electron chi connectivity index (χ0n) is 10.3. The molecule has 1 aromatic rings. The number of β-amino-alcohol motifs (C(OH)–C–C–N with tert-alkyl or cyclic N) is 1. The first-order valence-corrected chi connectivity index (χ1v) is 6.82. The van der Waals surface area contributed by atoms with Gasteiger partial charge in [0.25, 0.3) is 0 Å². The average Bonchev–Trinajstić information content (AvgIpc) is 2.38. The Balaban J connectivity index is 1.71. The van der Waals surface area contributed by atoms with E-state index in [-0.39, 0.29) is 6.10 Å². The number of aliphatic hydroxyl groups excluding tert-OH is 1. The zero-order chi connectivity index (χ0) is 11.7. The van der Waals surface area contributed by atoms with Gasteiger partial charge in [-0.15, -0.1) is 0 Å². The number of aliphatic hydroxyl groups is 1. The predicted octanol–water partition coefficient (Wildman–Crippen LogP) is 2.00. The molecule has 2 aliphatic rings. The van der Waals surface area contributed by atoms with Gasteiger partial charge in [0.05, 0.1) is 6.10 Å². The molecule has 2 nitrogen and oxygen atoms in total. The Bertz CT molecular complexity index is 390. The van der Waals surface area contributed by atoms with Crippen LogP contribution in [0.3, 0.4) is 0 Å². The van der Waals surface area contributed by atoms with Gasteiger partial charge in [0.15, 0.2) is 0 Å². The lowest BCUT2D eigenvalue weighted by Gasteiger charge is -2.39. The maximum absolute atomic E-state index is 9.76. The molecule has 1 saturated heterocycles. The van der Waals surface area contributed by atoms with E-state index in [0.717, 1.165) is 19.4 Å². The van der Waals surface area contributed by atoms with E-state index in [9.17, 15) is 5.11 Å². The normalized spacial score (nSPS) is 29.9. The van der Waals surface area contributed by atoms with Gasteiger partial charge in [0.2, 0.25) is 0 Å². The van der Waals surface area contributed by atoms with Gasteiger partial charge >= 0.3 is 0 Å². The molecule has 92 valence electrons. The Hall–Kier alpha value is -0.860. The quantitative estimate of drug-likeness (QED) is 0.799. The molecule has 0 bridgehead atoms. The fourth-order valence-corrected chi connectivity index (χ4v) is 3.31. The van der Waals surface area contributed by atoms with Crippen molar-refractivity contribution in [1.29, 1.82) is 0 Å². The minimum atomic E-state index is -0.0964. The molecule has 0 amide bonds. The van der Waals surface area contributed by atoms with E-state index in [1.54, 1.807) is 0 Å². The number of hydrogen-bond acceptors (Lipinski definition) is 2. The summed E-state index contributed by atoms with van der Waals surface area (Å²) in [5.41, 5.74) is 3.05. The van der Waals surface area contributed by atoms with Crippen LogP contribution in [0, 0.1) is 0 Å². The third-order valence-electron chi connectivity index (χ3n) is 4.27. The summed E-state index contributed by atoms with van der Waals surface area (Å²) < 4.78 is 0. The largest absolute Gasteiger partial charge is 0.392 e. The van der Waals surface area contributed by atoms with Crippen molar-refractivity contribution in [2.45, 2.75) is 44.2 Å². The van der Waals surface area contributed by atoms with Crippen LogP contribution >= 0.6 is 0 Å². The van der Waals surface area contributed by atoms with Crippen LogP contribution < -0.4 is 0 Å². The molecular formula is C15H21NO. The fraction of sp³-hybridized carbons (Fsp3) is 0.600. The smallest absolute Gasteiger partial charge is 0.0667 e. The molecule has 0 aromatic heterocycles. The summed E-state index contributed by atoms with van der Waals surface area (Å²) in [5.74, 6) is 0. The van der Waals surface area contributed by atoms with E-state index in [0.29, 0.717) is 6.04 Å². The molecule has 0 unspecified atom stereocenters. The van der Waals surface area contributed by atoms with Crippen LogP contribution in [0.5, 0.6) is 0 Å². The minimum Gasteiger partial charge on any atom is -0.392 e. The van der Waals surface area contributed by atoms with Crippen molar-refractivity contribution < 1.29 is 5.11 Å². The molecule has 1 aromatic carbocycles. The molecule has 3 rings (SSSR count). The van der Waals surface area contributed by atoms with E-state index in [1.165, 1.54) is 36.9 Å². The topological polar surface area (TPSA) is 23.5 Å². The SMILES string of the molecule is O[C@@H]1CCCN([C@H]2CCc3ccccc3C2)C1. The predicted molar refractivity (Wildman–Crippen MR) is 69.1 cm³/mol. The Morgan fingerprint density at radius 2 is 1.94 bits per heavy atom. The number of nitrogens with zero attached hydrogens (tertiary/aromatic N) is 1. The van der Waals surface area contributed by atoms with Crippen molar-refractivity contribution in [3.05, 3.63) is 35.4 Å². The van der Waals surface area contributed by atoms with Gasteiger partial charge in [-0.1, -0.05) is 24.3 Å². The monoisotopic (exact) mass is 231 g/mol. The van der Waals surface area contributed by atoms with Crippen LogP contribution in [0.25, 0.3) is 0 Å². The first kappa shape index (κ1) is 11.2. The summed E-state index contributed by atoms with van der Waals surface area (Å²) in [6, 6.07) is 9.47. The lowest BCUT2D eigenvalue weighted by molar-refractivity contribution is 0.0426. The van der Waals surface area contributed by atoms with Gasteiger partial charge in [-0.05, 0) is 49.8 Å². The average molecular weight is 231 g/mol. The van der Waals surface area contributed by atoms with Crippen LogP contribution in [0.2, 0.25) is 0 Å². The summed E-state index contributed by atoms with van der Waals surface area (Å²) in [4.78, 5) is 2.50. The molecule has 1 N–H and O–H groups in total. The molecule has 2 atom stereocenters. The molecule has 2 heteroatoms. The molecule has 17 heavy (non-hydrogen) atoms. The number of rotatable bonds is 1. The molecule has 1 aliphatic heterocycles. The lowest BCUT2D eigenvalue weighted by Crippen LogP contribution is -2.46. The standard InChI is InChI=1S/C15H21NO/c17-15-6-3-9-16(11-15)14-8-7-12-4-1-2-5-13(12)10-14/h1-2,4-5,14-15,17H,3,6-11H2/t14-,15+/m0/s1. The second kappa shape index (κ2) is 4.79. The third kappa shape index (κ3) is 2.38. The van der Waals surface area contributed by atoms with Gasteiger partial charge < -0.3 is 5.11 Å². The van der Waals surface area contributed by atoms with Gasteiger partial charge in [-0.3, -0.25) is 4.90 Å². The van der Waals surface area contributed by atoms with E-state index in [2.05, 4.69) is 29.2 Å². The van der Waals surface area contributed by atoms with E-state index < -0.39 is 0 Å². The highest BCUT2D eigenvalue weighted by Gasteiger charge is 2.27. The number of aryl methyl sites for hydroxylation is 1. The number of piperidine rings is 1. The molecule has 1 aliphatic carbocycles. The summed E-state index contributed by atoms with van der Waals surface area (Å²) >= 11 is 0. The van der Waals surface area contributed by atoms with Crippen molar-refractivity contribution in [3.63, 3.8) is 0 Å². The van der Waals surface area contributed by atoms with Crippen molar-refractivity contribution in [2.75, 3.05) is 13.1 Å².